The van der Waals surface area contributed by atoms with Crippen LogP contribution in [0.25, 0.3) is 5.69 Å². The number of aromatic nitrogens is 4. The zero-order valence-corrected chi connectivity index (χ0v) is 17.7. The van der Waals surface area contributed by atoms with E-state index in [9.17, 15) is 26.7 Å². The Balaban J connectivity index is 1.41. The molecule has 1 saturated carbocycles. The number of rotatable bonds is 4. The zero-order valence-electron chi connectivity index (χ0n) is 17.7. The molecule has 12 heteroatoms. The van der Waals surface area contributed by atoms with Crippen molar-refractivity contribution in [1.29, 1.82) is 0 Å². The Morgan fingerprint density at radius 2 is 1.82 bits per heavy atom. The van der Waals surface area contributed by atoms with Crippen LogP contribution in [0.5, 0.6) is 5.88 Å². The molecule has 0 N–H and O–H groups in total. The average Bonchev–Trinajstić information content (AvgIpc) is 3.49. The molecule has 3 heterocycles. The molecule has 34 heavy (non-hydrogen) atoms. The lowest BCUT2D eigenvalue weighted by Crippen LogP contribution is -2.51. The van der Waals surface area contributed by atoms with Crippen molar-refractivity contribution in [3.63, 3.8) is 0 Å². The first kappa shape index (κ1) is 22.2. The first-order valence-electron chi connectivity index (χ1n) is 10.5. The number of piperidine rings is 1. The SMILES string of the molecule is C[C@@H]1[C@H]2C[C@@H](Oc3ccc(C(F)(F)F)c(F)n3)[C@H](C2)N1C(=O)c1ccc(F)cc1-n1nccn1. The summed E-state index contributed by atoms with van der Waals surface area (Å²) in [7, 11) is 0. The maximum atomic E-state index is 13.9. The number of halogens is 5. The van der Waals surface area contributed by atoms with Crippen molar-refractivity contribution in [2.75, 3.05) is 0 Å². The second-order valence-corrected chi connectivity index (χ2v) is 8.37. The largest absolute Gasteiger partial charge is 0.472 e. The number of hydrogen-bond acceptors (Lipinski definition) is 5. The van der Waals surface area contributed by atoms with Crippen molar-refractivity contribution in [3.8, 4) is 11.6 Å². The molecule has 2 aliphatic rings. The van der Waals surface area contributed by atoms with Gasteiger partial charge in [-0.05, 0) is 43.9 Å². The molecule has 1 aromatic carbocycles. The molecular weight excluding hydrogens is 461 g/mol. The minimum atomic E-state index is -4.86. The third kappa shape index (κ3) is 3.76. The summed E-state index contributed by atoms with van der Waals surface area (Å²) in [6.07, 6.45) is -1.50. The molecule has 0 radical (unpaired) electrons. The summed E-state index contributed by atoms with van der Waals surface area (Å²) in [6.45, 7) is 1.89. The molecule has 2 fully saturated rings. The minimum absolute atomic E-state index is 0.0740. The van der Waals surface area contributed by atoms with Gasteiger partial charge in [0.25, 0.3) is 5.91 Å². The van der Waals surface area contributed by atoms with Crippen LogP contribution in [0.15, 0.2) is 42.7 Å². The number of fused-ring (bicyclic) bond motifs is 2. The molecule has 1 amide bonds. The van der Waals surface area contributed by atoms with Crippen LogP contribution in [-0.4, -0.2) is 49.0 Å². The summed E-state index contributed by atoms with van der Waals surface area (Å²) in [5, 5.41) is 7.97. The summed E-state index contributed by atoms with van der Waals surface area (Å²) in [5.41, 5.74) is -1.11. The number of hydrogen-bond donors (Lipinski definition) is 0. The number of carbonyl (C=O) groups excluding carboxylic acids is 1. The van der Waals surface area contributed by atoms with Crippen LogP contribution in [0.3, 0.4) is 0 Å². The lowest BCUT2D eigenvalue weighted by Gasteiger charge is -2.38. The van der Waals surface area contributed by atoms with Gasteiger partial charge in [0.1, 0.15) is 23.2 Å². The molecule has 3 aromatic rings. The van der Waals surface area contributed by atoms with Crippen molar-refractivity contribution in [2.24, 2.45) is 5.92 Å². The zero-order chi connectivity index (χ0) is 24.2. The van der Waals surface area contributed by atoms with Crippen LogP contribution in [0.4, 0.5) is 22.0 Å². The Labute approximate surface area is 190 Å². The van der Waals surface area contributed by atoms with Crippen LogP contribution >= 0.6 is 0 Å². The number of nitrogens with zero attached hydrogens (tertiary/aromatic N) is 5. The third-order valence-electron chi connectivity index (χ3n) is 6.45. The Bertz CT molecular complexity index is 1230. The Hall–Kier alpha value is -3.57. The van der Waals surface area contributed by atoms with Gasteiger partial charge >= 0.3 is 6.18 Å². The monoisotopic (exact) mass is 479 g/mol. The smallest absolute Gasteiger partial charge is 0.420 e. The van der Waals surface area contributed by atoms with Gasteiger partial charge in [0, 0.05) is 18.2 Å². The topological polar surface area (TPSA) is 73.1 Å². The molecule has 2 aromatic heterocycles. The number of carbonyl (C=O) groups is 1. The van der Waals surface area contributed by atoms with E-state index in [1.54, 1.807) is 4.90 Å². The predicted octanol–water partition coefficient (Wildman–Crippen LogP) is 4.03. The second-order valence-electron chi connectivity index (χ2n) is 8.37. The van der Waals surface area contributed by atoms with Crippen molar-refractivity contribution < 1.29 is 31.5 Å². The molecule has 5 rings (SSSR count). The van der Waals surface area contributed by atoms with Crippen LogP contribution in [0.1, 0.15) is 35.7 Å². The Morgan fingerprint density at radius 3 is 2.47 bits per heavy atom. The summed E-state index contributed by atoms with van der Waals surface area (Å²) in [6, 6.07) is 4.67. The molecule has 0 unspecified atom stereocenters. The highest BCUT2D eigenvalue weighted by Gasteiger charge is 2.53. The van der Waals surface area contributed by atoms with E-state index in [4.69, 9.17) is 4.74 Å². The number of alkyl halides is 3. The molecule has 1 aliphatic heterocycles. The fourth-order valence-corrected chi connectivity index (χ4v) is 4.87. The maximum absolute atomic E-state index is 13.9. The van der Waals surface area contributed by atoms with Gasteiger partial charge in [-0.1, -0.05) is 0 Å². The van der Waals surface area contributed by atoms with Gasteiger partial charge in [0.2, 0.25) is 11.8 Å². The highest BCUT2D eigenvalue weighted by atomic mass is 19.4. The lowest BCUT2D eigenvalue weighted by molar-refractivity contribution is -0.140. The Morgan fingerprint density at radius 1 is 1.09 bits per heavy atom. The third-order valence-corrected chi connectivity index (χ3v) is 6.45. The van der Waals surface area contributed by atoms with Gasteiger partial charge in [-0.15, -0.1) is 0 Å². The van der Waals surface area contributed by atoms with E-state index in [0.29, 0.717) is 18.9 Å². The van der Waals surface area contributed by atoms with E-state index in [1.165, 1.54) is 24.5 Å². The number of benzene rings is 1. The van der Waals surface area contributed by atoms with Crippen molar-refractivity contribution >= 4 is 5.91 Å². The summed E-state index contributed by atoms with van der Waals surface area (Å²) in [5.74, 6) is -2.82. The van der Waals surface area contributed by atoms with E-state index in [1.807, 2.05) is 6.92 Å². The van der Waals surface area contributed by atoms with Crippen molar-refractivity contribution in [3.05, 3.63) is 65.6 Å². The number of pyridine rings is 1. The normalized spacial score (nSPS) is 24.0. The van der Waals surface area contributed by atoms with E-state index in [2.05, 4.69) is 15.2 Å². The molecule has 0 spiro atoms. The molecule has 4 atom stereocenters. The van der Waals surface area contributed by atoms with Crippen LogP contribution in [-0.2, 0) is 6.18 Å². The van der Waals surface area contributed by atoms with Gasteiger partial charge < -0.3 is 9.64 Å². The maximum Gasteiger partial charge on any atom is 0.420 e. The van der Waals surface area contributed by atoms with Crippen LogP contribution in [0.2, 0.25) is 0 Å². The molecule has 1 saturated heterocycles. The average molecular weight is 479 g/mol. The molecule has 2 bridgehead atoms. The second kappa shape index (κ2) is 8.03. The molecule has 7 nitrogen and oxygen atoms in total. The molecule has 178 valence electrons. The summed E-state index contributed by atoms with van der Waals surface area (Å²) >= 11 is 0. The van der Waals surface area contributed by atoms with Crippen molar-refractivity contribution in [2.45, 2.75) is 44.1 Å². The van der Waals surface area contributed by atoms with Crippen molar-refractivity contribution in [1.82, 2.24) is 24.9 Å². The van der Waals surface area contributed by atoms with Crippen LogP contribution < -0.4 is 4.74 Å². The first-order chi connectivity index (χ1) is 16.1. The number of ether oxygens (including phenoxy) is 1. The molecule has 1 aliphatic carbocycles. The quantitative estimate of drug-likeness (QED) is 0.418. The number of amides is 1. The van der Waals surface area contributed by atoms with E-state index in [0.717, 1.165) is 16.9 Å². The van der Waals surface area contributed by atoms with Gasteiger partial charge in [0.05, 0.1) is 24.0 Å². The Kier molecular flexibility index (Phi) is 5.25. The summed E-state index contributed by atoms with van der Waals surface area (Å²) in [4.78, 5) is 19.7. The van der Waals surface area contributed by atoms with Crippen LogP contribution in [0, 0.1) is 17.7 Å². The van der Waals surface area contributed by atoms with Gasteiger partial charge in [-0.2, -0.15) is 37.5 Å². The van der Waals surface area contributed by atoms with E-state index >= 15 is 0 Å². The van der Waals surface area contributed by atoms with Gasteiger partial charge in [-0.3, -0.25) is 4.79 Å². The first-order valence-corrected chi connectivity index (χ1v) is 10.5. The minimum Gasteiger partial charge on any atom is -0.472 e. The lowest BCUT2D eigenvalue weighted by atomic mass is 9.98. The van der Waals surface area contributed by atoms with E-state index < -0.39 is 35.7 Å². The fraction of sp³-hybridized carbons (Fsp3) is 0.364. The van der Waals surface area contributed by atoms with Gasteiger partial charge in [0.15, 0.2) is 0 Å². The fourth-order valence-electron chi connectivity index (χ4n) is 4.87. The number of likely N-dealkylation sites (tertiary alicyclic amines) is 1. The standard InChI is InChI=1S/C22H18F5N5O2/c1-11-12-8-17(18(9-12)34-19-5-4-15(20(24)30-19)22(25,26)27)31(11)21(33)14-3-2-13(23)10-16(14)32-28-6-7-29-32/h2-7,10-12,17-18H,8-9H2,1H3/t11-,12-,17+,18-/m1/s1. The predicted molar refractivity (Wildman–Crippen MR) is 107 cm³/mol. The highest BCUT2D eigenvalue weighted by Crippen LogP contribution is 2.45. The van der Waals surface area contributed by atoms with E-state index in [-0.39, 0.29) is 35.0 Å². The van der Waals surface area contributed by atoms with Gasteiger partial charge in [-0.25, -0.2) is 4.39 Å². The summed E-state index contributed by atoms with van der Waals surface area (Å²) < 4.78 is 72.0. The molecular formula is C22H18F5N5O2. The highest BCUT2D eigenvalue weighted by molar-refractivity contribution is 5.98.